The number of carbonyl (C=O) groups is 1. The topological polar surface area (TPSA) is 89.3 Å². The van der Waals surface area contributed by atoms with E-state index in [-0.39, 0.29) is 23.2 Å². The number of rotatable bonds is 3. The number of anilines is 1. The van der Waals surface area contributed by atoms with Gasteiger partial charge in [0.05, 0.1) is 12.1 Å². The lowest BCUT2D eigenvalue weighted by molar-refractivity contribution is 0.0866. The average Bonchev–Trinajstić information content (AvgIpc) is 2.74. The fraction of sp³-hybridized carbons (Fsp3) is 0.455. The van der Waals surface area contributed by atoms with Crippen molar-refractivity contribution in [3.8, 4) is 0 Å². The number of hydrogen-bond donors (Lipinski definition) is 3. The van der Waals surface area contributed by atoms with Gasteiger partial charge in [0.1, 0.15) is 11.0 Å². The molecular weight excluding hydrogens is 256 g/mol. The summed E-state index contributed by atoms with van der Waals surface area (Å²) >= 11 is 5.81. The van der Waals surface area contributed by atoms with Crippen LogP contribution in [0.2, 0.25) is 5.15 Å². The van der Waals surface area contributed by atoms with E-state index in [1.165, 1.54) is 6.07 Å². The Bertz CT molecular complexity index is 455. The van der Waals surface area contributed by atoms with Crippen molar-refractivity contribution >= 4 is 23.3 Å². The third-order valence-electron chi connectivity index (χ3n) is 2.90. The summed E-state index contributed by atoms with van der Waals surface area (Å²) in [6.45, 7) is 2.60. The molecule has 1 aromatic heterocycles. The summed E-state index contributed by atoms with van der Waals surface area (Å²) in [4.78, 5) is 16.0. The second kappa shape index (κ2) is 5.51. The number of ether oxygens (including phenoxy) is 1. The van der Waals surface area contributed by atoms with Gasteiger partial charge in [0.15, 0.2) is 0 Å². The van der Waals surface area contributed by atoms with Crippen LogP contribution in [0.15, 0.2) is 12.1 Å². The molecule has 6 nitrogen and oxygen atoms in total. The third kappa shape index (κ3) is 2.90. The molecule has 18 heavy (non-hydrogen) atoms. The van der Waals surface area contributed by atoms with Crippen LogP contribution in [0.5, 0.6) is 0 Å². The normalized spacial score (nSPS) is 22.8. The molecule has 1 amide bonds. The van der Waals surface area contributed by atoms with Crippen molar-refractivity contribution in [2.75, 3.05) is 12.0 Å². The molecule has 2 atom stereocenters. The van der Waals surface area contributed by atoms with Gasteiger partial charge in [-0.2, -0.15) is 0 Å². The minimum atomic E-state index is -0.210. The summed E-state index contributed by atoms with van der Waals surface area (Å²) in [6.07, 6.45) is 0.839. The largest absolute Gasteiger partial charge is 0.376 e. The Balaban J connectivity index is 2.10. The molecule has 1 aliphatic heterocycles. The van der Waals surface area contributed by atoms with Gasteiger partial charge in [-0.1, -0.05) is 11.6 Å². The van der Waals surface area contributed by atoms with Crippen LogP contribution in [-0.4, -0.2) is 29.6 Å². The zero-order chi connectivity index (χ0) is 13.1. The quantitative estimate of drug-likeness (QED) is 0.432. The lowest BCUT2D eigenvalue weighted by Crippen LogP contribution is -2.39. The third-order valence-corrected chi connectivity index (χ3v) is 3.09. The predicted octanol–water partition coefficient (Wildman–Crippen LogP) is 0.928. The van der Waals surface area contributed by atoms with Gasteiger partial charge in [-0.3, -0.25) is 4.79 Å². The highest BCUT2D eigenvalue weighted by atomic mass is 35.5. The monoisotopic (exact) mass is 270 g/mol. The van der Waals surface area contributed by atoms with Crippen molar-refractivity contribution in [3.05, 3.63) is 22.8 Å². The minimum Gasteiger partial charge on any atom is -0.376 e. The zero-order valence-corrected chi connectivity index (χ0v) is 10.7. The van der Waals surface area contributed by atoms with Crippen molar-refractivity contribution in [1.82, 2.24) is 10.3 Å². The molecule has 0 aromatic carbocycles. The number of carbonyl (C=O) groups excluding carboxylic acids is 1. The predicted molar refractivity (Wildman–Crippen MR) is 68.3 cm³/mol. The molecule has 0 spiro atoms. The van der Waals surface area contributed by atoms with Gasteiger partial charge >= 0.3 is 0 Å². The Hall–Kier alpha value is -1.37. The molecule has 1 aromatic rings. The Morgan fingerprint density at radius 2 is 2.39 bits per heavy atom. The lowest BCUT2D eigenvalue weighted by atomic mass is 10.1. The maximum atomic E-state index is 12.0. The van der Waals surface area contributed by atoms with E-state index in [9.17, 15) is 4.79 Å². The van der Waals surface area contributed by atoms with Gasteiger partial charge in [0.2, 0.25) is 0 Å². The molecule has 4 N–H and O–H groups in total. The molecule has 7 heteroatoms. The molecule has 0 aliphatic carbocycles. The number of halogens is 1. The van der Waals surface area contributed by atoms with Gasteiger partial charge in [0, 0.05) is 12.2 Å². The number of hydrogen-bond acceptors (Lipinski definition) is 5. The highest BCUT2D eigenvalue weighted by molar-refractivity contribution is 6.29. The second-order valence-corrected chi connectivity index (χ2v) is 4.54. The van der Waals surface area contributed by atoms with Crippen LogP contribution >= 0.6 is 11.6 Å². The smallest absolute Gasteiger partial charge is 0.251 e. The van der Waals surface area contributed by atoms with Crippen LogP contribution in [0.25, 0.3) is 0 Å². The van der Waals surface area contributed by atoms with E-state index in [0.29, 0.717) is 18.0 Å². The van der Waals surface area contributed by atoms with E-state index in [1.54, 1.807) is 6.07 Å². The Kier molecular flexibility index (Phi) is 4.00. The average molecular weight is 271 g/mol. The number of nitrogens with zero attached hydrogens (tertiary/aromatic N) is 1. The number of nitrogens with one attached hydrogen (secondary N) is 2. The van der Waals surface area contributed by atoms with Crippen LogP contribution in [0.3, 0.4) is 0 Å². The van der Waals surface area contributed by atoms with Crippen LogP contribution in [0, 0.1) is 0 Å². The molecular formula is C11H15ClN4O2. The van der Waals surface area contributed by atoms with Crippen molar-refractivity contribution in [1.29, 1.82) is 0 Å². The van der Waals surface area contributed by atoms with Crippen molar-refractivity contribution in [2.24, 2.45) is 5.84 Å². The molecule has 0 bridgehead atoms. The first kappa shape index (κ1) is 13.1. The van der Waals surface area contributed by atoms with Crippen LogP contribution in [-0.2, 0) is 4.74 Å². The van der Waals surface area contributed by atoms with Gasteiger partial charge in [-0.25, -0.2) is 10.8 Å². The highest BCUT2D eigenvalue weighted by Gasteiger charge is 2.26. The summed E-state index contributed by atoms with van der Waals surface area (Å²) in [5, 5.41) is 3.12. The molecule has 98 valence electrons. The van der Waals surface area contributed by atoms with E-state index in [1.807, 2.05) is 6.92 Å². The molecule has 1 saturated heterocycles. The van der Waals surface area contributed by atoms with Crippen molar-refractivity contribution < 1.29 is 9.53 Å². The Morgan fingerprint density at radius 1 is 1.61 bits per heavy atom. The number of nitrogen functional groups attached to an aromatic ring is 1. The number of aromatic nitrogens is 1. The molecule has 2 unspecified atom stereocenters. The Labute approximate surface area is 110 Å². The molecule has 0 saturated carbocycles. The number of amides is 1. The van der Waals surface area contributed by atoms with Crippen molar-refractivity contribution in [2.45, 2.75) is 25.5 Å². The van der Waals surface area contributed by atoms with Gasteiger partial charge in [-0.15, -0.1) is 0 Å². The molecule has 1 aliphatic rings. The Morgan fingerprint density at radius 3 is 3.00 bits per heavy atom. The zero-order valence-electron chi connectivity index (χ0n) is 9.94. The van der Waals surface area contributed by atoms with E-state index in [0.717, 1.165) is 6.42 Å². The molecule has 2 rings (SSSR count). The number of pyridine rings is 1. The number of hydrazine groups is 1. The van der Waals surface area contributed by atoms with E-state index < -0.39 is 0 Å². The molecule has 2 heterocycles. The molecule has 1 fully saturated rings. The summed E-state index contributed by atoms with van der Waals surface area (Å²) in [6, 6.07) is 3.07. The second-order valence-electron chi connectivity index (χ2n) is 4.15. The highest BCUT2D eigenvalue weighted by Crippen LogP contribution is 2.16. The lowest BCUT2D eigenvalue weighted by Gasteiger charge is -2.16. The molecule has 0 radical (unpaired) electrons. The summed E-state index contributed by atoms with van der Waals surface area (Å²) in [5.74, 6) is 5.39. The van der Waals surface area contributed by atoms with E-state index in [4.69, 9.17) is 22.2 Å². The van der Waals surface area contributed by atoms with E-state index >= 15 is 0 Å². The van der Waals surface area contributed by atoms with Crippen LogP contribution in [0.4, 0.5) is 5.82 Å². The summed E-state index contributed by atoms with van der Waals surface area (Å²) in [5.41, 5.74) is 2.78. The van der Waals surface area contributed by atoms with Gasteiger partial charge < -0.3 is 15.5 Å². The first-order chi connectivity index (χ1) is 8.60. The van der Waals surface area contributed by atoms with Crippen LogP contribution in [0.1, 0.15) is 23.7 Å². The first-order valence-electron chi connectivity index (χ1n) is 5.67. The fourth-order valence-electron chi connectivity index (χ4n) is 1.87. The summed E-state index contributed by atoms with van der Waals surface area (Å²) < 4.78 is 5.39. The van der Waals surface area contributed by atoms with E-state index in [2.05, 4.69) is 15.7 Å². The summed E-state index contributed by atoms with van der Waals surface area (Å²) in [7, 11) is 0. The standard InChI is InChI=1S/C11H15ClN4O2/c1-6-8(2-3-18-6)14-11(17)7-4-9(12)15-10(5-7)16-13/h4-6,8H,2-3,13H2,1H3,(H,14,17)(H,15,16). The maximum absolute atomic E-state index is 12.0. The first-order valence-corrected chi connectivity index (χ1v) is 6.04. The number of nitrogens with two attached hydrogens (primary N) is 1. The van der Waals surface area contributed by atoms with Gasteiger partial charge in [0.25, 0.3) is 5.91 Å². The minimum absolute atomic E-state index is 0.0263. The van der Waals surface area contributed by atoms with Gasteiger partial charge in [-0.05, 0) is 25.5 Å². The van der Waals surface area contributed by atoms with Crippen LogP contribution < -0.4 is 16.6 Å². The maximum Gasteiger partial charge on any atom is 0.251 e. The SMILES string of the molecule is CC1OCCC1NC(=O)c1cc(Cl)nc(NN)c1. The fourth-order valence-corrected chi connectivity index (χ4v) is 2.08. The van der Waals surface area contributed by atoms with Crippen molar-refractivity contribution in [3.63, 3.8) is 0 Å².